The van der Waals surface area contributed by atoms with Crippen molar-refractivity contribution in [3.63, 3.8) is 0 Å². The first-order chi connectivity index (χ1) is 14.9. The fourth-order valence-electron chi connectivity index (χ4n) is 3.44. The van der Waals surface area contributed by atoms with Gasteiger partial charge < -0.3 is 10.1 Å². The number of para-hydroxylation sites is 1. The minimum atomic E-state index is -3.49. The second-order valence-corrected chi connectivity index (χ2v) is 10.7. The highest BCUT2D eigenvalue weighted by atomic mass is 35.5. The average molecular weight is 477 g/mol. The van der Waals surface area contributed by atoms with Crippen LogP contribution in [0, 0.1) is 5.92 Å². The van der Waals surface area contributed by atoms with Gasteiger partial charge in [0.25, 0.3) is 10.0 Å². The highest BCUT2D eigenvalue weighted by molar-refractivity contribution is 7.91. The van der Waals surface area contributed by atoms with Crippen molar-refractivity contribution in [2.75, 3.05) is 18.4 Å². The number of nitrogens with one attached hydrogen (secondary N) is 1. The maximum atomic E-state index is 12.9. The molecule has 0 bridgehead atoms. The molecule has 4 rings (SSSR count). The Hall–Kier alpha value is -2.39. The van der Waals surface area contributed by atoms with Gasteiger partial charge in [-0.2, -0.15) is 4.31 Å². The topological polar surface area (TPSA) is 75.7 Å². The molecule has 2 aromatic carbocycles. The van der Waals surface area contributed by atoms with E-state index in [1.54, 1.807) is 35.7 Å². The third-order valence-corrected chi connectivity index (χ3v) is 8.59. The zero-order chi connectivity index (χ0) is 21.8. The SMILES string of the molecule is O=C(Nc1cc(Cl)ccc1Oc1ccccc1)C1CCN(S(=O)(=O)c2cccs2)CC1. The van der Waals surface area contributed by atoms with Crippen LogP contribution >= 0.6 is 22.9 Å². The summed E-state index contributed by atoms with van der Waals surface area (Å²) in [5.74, 6) is 0.667. The fraction of sp³-hybridized carbons (Fsp3) is 0.227. The number of carbonyl (C=O) groups is 1. The van der Waals surface area contributed by atoms with Gasteiger partial charge in [0.1, 0.15) is 9.96 Å². The van der Waals surface area contributed by atoms with E-state index in [4.69, 9.17) is 16.3 Å². The van der Waals surface area contributed by atoms with Crippen LogP contribution in [0.4, 0.5) is 5.69 Å². The summed E-state index contributed by atoms with van der Waals surface area (Å²) in [6, 6.07) is 17.6. The molecule has 0 saturated carbocycles. The number of anilines is 1. The predicted octanol–water partition coefficient (Wildman–Crippen LogP) is 5.23. The van der Waals surface area contributed by atoms with Gasteiger partial charge in [-0.15, -0.1) is 11.3 Å². The minimum Gasteiger partial charge on any atom is -0.455 e. The summed E-state index contributed by atoms with van der Waals surface area (Å²) in [7, 11) is -3.49. The maximum absolute atomic E-state index is 12.9. The lowest BCUT2D eigenvalue weighted by atomic mass is 9.97. The minimum absolute atomic E-state index is 0.173. The molecule has 0 radical (unpaired) electrons. The van der Waals surface area contributed by atoms with Gasteiger partial charge in [-0.1, -0.05) is 35.9 Å². The van der Waals surface area contributed by atoms with Crippen LogP contribution in [-0.4, -0.2) is 31.7 Å². The van der Waals surface area contributed by atoms with E-state index in [1.807, 2.05) is 30.3 Å². The molecule has 0 unspecified atom stereocenters. The number of nitrogens with zero attached hydrogens (tertiary/aromatic N) is 1. The number of carbonyl (C=O) groups excluding carboxylic acids is 1. The maximum Gasteiger partial charge on any atom is 0.252 e. The van der Waals surface area contributed by atoms with Crippen LogP contribution < -0.4 is 10.1 Å². The largest absolute Gasteiger partial charge is 0.455 e. The molecule has 1 saturated heterocycles. The second kappa shape index (κ2) is 9.40. The van der Waals surface area contributed by atoms with Crippen LogP contribution in [0.15, 0.2) is 70.3 Å². The van der Waals surface area contributed by atoms with E-state index in [1.165, 1.54) is 15.6 Å². The Labute approximate surface area is 190 Å². The Morgan fingerprint density at radius 1 is 1.06 bits per heavy atom. The molecule has 1 N–H and O–H groups in total. The van der Waals surface area contributed by atoms with Crippen LogP contribution in [0.5, 0.6) is 11.5 Å². The van der Waals surface area contributed by atoms with Crippen molar-refractivity contribution < 1.29 is 17.9 Å². The van der Waals surface area contributed by atoms with Crippen LogP contribution in [0.2, 0.25) is 5.02 Å². The Kier molecular flexibility index (Phi) is 6.62. The standard InChI is InChI=1S/C22H21ClN2O4S2/c23-17-8-9-20(29-18-5-2-1-3-6-18)19(15-17)24-22(26)16-10-12-25(13-11-16)31(27,28)21-7-4-14-30-21/h1-9,14-16H,10-13H2,(H,24,26). The van der Waals surface area contributed by atoms with Crippen molar-refractivity contribution in [2.45, 2.75) is 17.1 Å². The van der Waals surface area contributed by atoms with Crippen LogP contribution in [-0.2, 0) is 14.8 Å². The Morgan fingerprint density at radius 3 is 2.48 bits per heavy atom. The van der Waals surface area contributed by atoms with E-state index in [0.29, 0.717) is 52.3 Å². The lowest BCUT2D eigenvalue weighted by Gasteiger charge is -2.30. The van der Waals surface area contributed by atoms with Crippen molar-refractivity contribution in [1.29, 1.82) is 0 Å². The molecule has 0 spiro atoms. The highest BCUT2D eigenvalue weighted by Gasteiger charge is 2.32. The number of hydrogen-bond donors (Lipinski definition) is 1. The van der Waals surface area contributed by atoms with Crippen molar-refractivity contribution in [2.24, 2.45) is 5.92 Å². The number of halogens is 1. The molecule has 9 heteroatoms. The molecular formula is C22H21ClN2O4S2. The molecule has 6 nitrogen and oxygen atoms in total. The third-order valence-electron chi connectivity index (χ3n) is 5.08. The molecule has 3 aromatic rings. The lowest BCUT2D eigenvalue weighted by molar-refractivity contribution is -0.120. The number of sulfonamides is 1. The number of piperidine rings is 1. The van der Waals surface area contributed by atoms with Gasteiger partial charge in [-0.3, -0.25) is 4.79 Å². The molecular weight excluding hydrogens is 456 g/mol. The molecule has 1 aliphatic heterocycles. The molecule has 2 heterocycles. The Balaban J connectivity index is 1.42. The van der Waals surface area contributed by atoms with Crippen LogP contribution in [0.25, 0.3) is 0 Å². The molecule has 1 fully saturated rings. The molecule has 1 aliphatic rings. The van der Waals surface area contributed by atoms with E-state index < -0.39 is 10.0 Å². The number of hydrogen-bond acceptors (Lipinski definition) is 5. The number of amides is 1. The Morgan fingerprint density at radius 2 is 1.81 bits per heavy atom. The zero-order valence-corrected chi connectivity index (χ0v) is 18.9. The second-order valence-electron chi connectivity index (χ2n) is 7.16. The predicted molar refractivity (Wildman–Crippen MR) is 122 cm³/mol. The molecule has 162 valence electrons. The summed E-state index contributed by atoms with van der Waals surface area (Å²) < 4.78 is 33.0. The van der Waals surface area contributed by atoms with Gasteiger partial charge in [0.15, 0.2) is 5.75 Å². The number of ether oxygens (including phenoxy) is 1. The van der Waals surface area contributed by atoms with Gasteiger partial charge in [-0.25, -0.2) is 8.42 Å². The van der Waals surface area contributed by atoms with E-state index >= 15 is 0 Å². The summed E-state index contributed by atoms with van der Waals surface area (Å²) in [4.78, 5) is 12.9. The summed E-state index contributed by atoms with van der Waals surface area (Å²) in [6.45, 7) is 0.614. The summed E-state index contributed by atoms with van der Waals surface area (Å²) >= 11 is 7.33. The van der Waals surface area contributed by atoms with Crippen molar-refractivity contribution in [3.05, 3.63) is 71.1 Å². The van der Waals surface area contributed by atoms with Gasteiger partial charge >= 0.3 is 0 Å². The number of benzene rings is 2. The quantitative estimate of drug-likeness (QED) is 0.528. The monoisotopic (exact) mass is 476 g/mol. The molecule has 0 atom stereocenters. The first kappa shape index (κ1) is 21.8. The number of thiophene rings is 1. The van der Waals surface area contributed by atoms with E-state index in [2.05, 4.69) is 5.32 Å². The van der Waals surface area contributed by atoms with Gasteiger partial charge in [0.2, 0.25) is 5.91 Å². The van der Waals surface area contributed by atoms with Gasteiger partial charge in [0, 0.05) is 24.0 Å². The summed E-state index contributed by atoms with van der Waals surface area (Å²) in [6.07, 6.45) is 0.901. The summed E-state index contributed by atoms with van der Waals surface area (Å²) in [5, 5.41) is 5.13. The molecule has 1 amide bonds. The van der Waals surface area contributed by atoms with E-state index in [-0.39, 0.29) is 11.8 Å². The normalized spacial score (nSPS) is 15.5. The summed E-state index contributed by atoms with van der Waals surface area (Å²) in [5.41, 5.74) is 0.481. The Bertz CT molecular complexity index is 1140. The van der Waals surface area contributed by atoms with E-state index in [0.717, 1.165) is 0 Å². The highest BCUT2D eigenvalue weighted by Crippen LogP contribution is 2.33. The van der Waals surface area contributed by atoms with Crippen molar-refractivity contribution in [3.8, 4) is 11.5 Å². The molecule has 31 heavy (non-hydrogen) atoms. The van der Waals surface area contributed by atoms with Gasteiger partial charge in [0.05, 0.1) is 5.69 Å². The van der Waals surface area contributed by atoms with Crippen molar-refractivity contribution in [1.82, 2.24) is 4.31 Å². The average Bonchev–Trinajstić information content (AvgIpc) is 3.32. The molecule has 1 aromatic heterocycles. The first-order valence-corrected chi connectivity index (χ1v) is 12.5. The lowest BCUT2D eigenvalue weighted by Crippen LogP contribution is -2.41. The zero-order valence-electron chi connectivity index (χ0n) is 16.5. The van der Waals surface area contributed by atoms with E-state index in [9.17, 15) is 13.2 Å². The first-order valence-electron chi connectivity index (χ1n) is 9.80. The van der Waals surface area contributed by atoms with Crippen molar-refractivity contribution >= 4 is 44.6 Å². The van der Waals surface area contributed by atoms with Crippen LogP contribution in [0.1, 0.15) is 12.8 Å². The number of rotatable bonds is 6. The molecule has 0 aliphatic carbocycles. The van der Waals surface area contributed by atoms with Gasteiger partial charge in [-0.05, 0) is 54.6 Å². The third kappa shape index (κ3) is 5.10. The smallest absolute Gasteiger partial charge is 0.252 e. The fourth-order valence-corrected chi connectivity index (χ4v) is 6.22. The van der Waals surface area contributed by atoms with Crippen LogP contribution in [0.3, 0.4) is 0 Å².